The van der Waals surface area contributed by atoms with Gasteiger partial charge in [0.25, 0.3) is 0 Å². The van der Waals surface area contributed by atoms with Crippen molar-refractivity contribution in [2.45, 2.75) is 40.0 Å². The standard InChI is InChI=1S/C10H18O.3ClH.Sn/c1-10(2,3)8-4-6-9(11)7-5-8;;;;/h6,8,11H,4-5,7H2,1-3H3;3*1H;/p-3. The SMILES string of the molecule is CC(C)(C)C1CC=C(O)CC1.[Cl-].[Cl-].[Cl-].[Sn]. The fourth-order valence-corrected chi connectivity index (χ4v) is 1.61. The van der Waals surface area contributed by atoms with E-state index < -0.39 is 0 Å². The molecule has 0 spiro atoms. The molecule has 0 aliphatic heterocycles. The molecule has 1 aliphatic carbocycles. The van der Waals surface area contributed by atoms with E-state index in [1.807, 2.05) is 6.08 Å². The Balaban J connectivity index is -0.000000151. The van der Waals surface area contributed by atoms with Crippen molar-refractivity contribution in [1.82, 2.24) is 0 Å². The Bertz CT molecular complexity index is 178. The predicted molar refractivity (Wildman–Crippen MR) is 53.3 cm³/mol. The summed E-state index contributed by atoms with van der Waals surface area (Å²) in [5.74, 6) is 1.34. The summed E-state index contributed by atoms with van der Waals surface area (Å²) in [7, 11) is 0. The van der Waals surface area contributed by atoms with Crippen molar-refractivity contribution in [1.29, 1.82) is 0 Å². The molecular formula is C10H18Cl3OSn-3. The number of rotatable bonds is 0. The molecule has 1 aliphatic rings. The molecule has 0 saturated heterocycles. The summed E-state index contributed by atoms with van der Waals surface area (Å²) >= 11 is 0. The van der Waals surface area contributed by atoms with Gasteiger partial charge in [0.05, 0.1) is 5.76 Å². The maximum absolute atomic E-state index is 9.15. The number of allylic oxidation sites excluding steroid dienone is 2. The van der Waals surface area contributed by atoms with E-state index in [1.54, 1.807) is 0 Å². The fourth-order valence-electron chi connectivity index (χ4n) is 1.61. The van der Waals surface area contributed by atoms with E-state index in [1.165, 1.54) is 0 Å². The molecule has 15 heavy (non-hydrogen) atoms. The Morgan fingerprint density at radius 2 is 1.67 bits per heavy atom. The van der Waals surface area contributed by atoms with Crippen molar-refractivity contribution < 1.29 is 42.3 Å². The molecule has 0 saturated carbocycles. The predicted octanol–water partition coefficient (Wildman–Crippen LogP) is -6.09. The third-order valence-corrected chi connectivity index (χ3v) is 2.61. The summed E-state index contributed by atoms with van der Waals surface area (Å²) in [5.41, 5.74) is 0.400. The van der Waals surface area contributed by atoms with E-state index in [0.717, 1.165) is 25.2 Å². The van der Waals surface area contributed by atoms with Crippen molar-refractivity contribution >= 4 is 23.9 Å². The van der Waals surface area contributed by atoms with Gasteiger partial charge in [-0.05, 0) is 30.3 Å². The van der Waals surface area contributed by atoms with Crippen LogP contribution < -0.4 is 37.2 Å². The quantitative estimate of drug-likeness (QED) is 0.416. The Kier molecular flexibility index (Phi) is 17.4. The van der Waals surface area contributed by atoms with Crippen LogP contribution in [0.1, 0.15) is 40.0 Å². The second-order valence-electron chi connectivity index (χ2n) is 4.53. The number of hydrogen-bond acceptors (Lipinski definition) is 1. The molecule has 0 aromatic rings. The zero-order valence-electron chi connectivity index (χ0n) is 9.36. The van der Waals surface area contributed by atoms with Crippen LogP contribution in [0.4, 0.5) is 0 Å². The van der Waals surface area contributed by atoms with Crippen molar-refractivity contribution in [3.05, 3.63) is 11.8 Å². The van der Waals surface area contributed by atoms with Gasteiger partial charge in [0.2, 0.25) is 0 Å². The summed E-state index contributed by atoms with van der Waals surface area (Å²) in [6, 6.07) is 0. The second-order valence-corrected chi connectivity index (χ2v) is 4.53. The molecule has 0 aromatic heterocycles. The van der Waals surface area contributed by atoms with Crippen LogP contribution in [-0.4, -0.2) is 29.0 Å². The summed E-state index contributed by atoms with van der Waals surface area (Å²) in [4.78, 5) is 0. The van der Waals surface area contributed by atoms with E-state index in [9.17, 15) is 0 Å². The van der Waals surface area contributed by atoms with Crippen molar-refractivity contribution in [2.24, 2.45) is 11.3 Å². The van der Waals surface area contributed by atoms with Crippen LogP contribution in [0.15, 0.2) is 11.8 Å². The van der Waals surface area contributed by atoms with E-state index in [2.05, 4.69) is 20.8 Å². The molecule has 1 nitrogen and oxygen atoms in total. The first kappa shape index (κ1) is 25.2. The first-order chi connectivity index (χ1) is 5.00. The molecule has 0 aromatic carbocycles. The number of hydrogen-bond donors (Lipinski definition) is 1. The fraction of sp³-hybridized carbons (Fsp3) is 0.800. The molecule has 0 fully saturated rings. The van der Waals surface area contributed by atoms with Crippen LogP contribution in [0, 0.1) is 11.3 Å². The van der Waals surface area contributed by atoms with Crippen LogP contribution in [0.5, 0.6) is 0 Å². The van der Waals surface area contributed by atoms with Crippen molar-refractivity contribution in [3.8, 4) is 0 Å². The van der Waals surface area contributed by atoms with Gasteiger partial charge in [-0.15, -0.1) is 0 Å². The first-order valence-electron chi connectivity index (χ1n) is 4.38. The van der Waals surface area contributed by atoms with Crippen LogP contribution in [0.3, 0.4) is 0 Å². The van der Waals surface area contributed by atoms with Crippen LogP contribution in [0.25, 0.3) is 0 Å². The molecular weight excluding hydrogens is 361 g/mol. The summed E-state index contributed by atoms with van der Waals surface area (Å²) in [6.07, 6.45) is 5.04. The average Bonchev–Trinajstić information content (AvgIpc) is 1.86. The number of aliphatic hydroxyl groups excluding tert-OH is 1. The molecule has 5 heteroatoms. The van der Waals surface area contributed by atoms with E-state index in [0.29, 0.717) is 11.2 Å². The van der Waals surface area contributed by atoms with Gasteiger partial charge < -0.3 is 42.3 Å². The summed E-state index contributed by atoms with van der Waals surface area (Å²) in [5, 5.41) is 9.15. The molecule has 0 heterocycles. The van der Waals surface area contributed by atoms with Gasteiger partial charge in [-0.25, -0.2) is 0 Å². The topological polar surface area (TPSA) is 20.2 Å². The van der Waals surface area contributed by atoms with Crippen molar-refractivity contribution in [3.63, 3.8) is 0 Å². The maximum atomic E-state index is 9.15. The van der Waals surface area contributed by atoms with Crippen LogP contribution in [-0.2, 0) is 0 Å². The molecule has 1 atom stereocenters. The minimum absolute atomic E-state index is 0. The Hall–Kier alpha value is 1.21. The van der Waals surface area contributed by atoms with Gasteiger partial charge in [0, 0.05) is 30.3 Å². The molecule has 92 valence electrons. The van der Waals surface area contributed by atoms with Gasteiger partial charge in [-0.1, -0.05) is 20.8 Å². The van der Waals surface area contributed by atoms with Gasteiger partial charge in [-0.2, -0.15) is 0 Å². The Morgan fingerprint density at radius 3 is 1.93 bits per heavy atom. The molecule has 1 N–H and O–H groups in total. The third-order valence-electron chi connectivity index (χ3n) is 2.61. The molecule has 0 amide bonds. The van der Waals surface area contributed by atoms with Crippen LogP contribution in [0.2, 0.25) is 0 Å². The summed E-state index contributed by atoms with van der Waals surface area (Å²) < 4.78 is 0. The normalized spacial score (nSPS) is 19.4. The minimum Gasteiger partial charge on any atom is -1.00 e. The van der Waals surface area contributed by atoms with E-state index in [4.69, 9.17) is 5.11 Å². The van der Waals surface area contributed by atoms with Crippen molar-refractivity contribution in [2.75, 3.05) is 0 Å². The first-order valence-corrected chi connectivity index (χ1v) is 4.38. The van der Waals surface area contributed by atoms with E-state index in [-0.39, 0.29) is 61.1 Å². The molecule has 4 radical (unpaired) electrons. The zero-order chi connectivity index (χ0) is 8.48. The van der Waals surface area contributed by atoms with Gasteiger partial charge >= 0.3 is 0 Å². The Labute approximate surface area is 129 Å². The monoisotopic (exact) mass is 379 g/mol. The maximum Gasteiger partial charge on any atom is 0.0883 e. The zero-order valence-corrected chi connectivity index (χ0v) is 14.5. The number of aliphatic hydroxyl groups is 1. The number of halogens is 3. The smallest absolute Gasteiger partial charge is 0.0883 e. The molecule has 1 rings (SSSR count). The third kappa shape index (κ3) is 8.96. The van der Waals surface area contributed by atoms with Gasteiger partial charge in [0.1, 0.15) is 0 Å². The molecule has 1 unspecified atom stereocenters. The summed E-state index contributed by atoms with van der Waals surface area (Å²) in [6.45, 7) is 6.82. The molecule has 0 bridgehead atoms. The van der Waals surface area contributed by atoms with E-state index >= 15 is 0 Å². The minimum atomic E-state index is 0. The average molecular weight is 379 g/mol. The second kappa shape index (κ2) is 10.4. The van der Waals surface area contributed by atoms with Crippen LogP contribution >= 0.6 is 0 Å². The van der Waals surface area contributed by atoms with Gasteiger partial charge in [0.15, 0.2) is 0 Å². The Morgan fingerprint density at radius 1 is 1.20 bits per heavy atom. The largest absolute Gasteiger partial charge is 1.00 e. The van der Waals surface area contributed by atoms with Gasteiger partial charge in [-0.3, -0.25) is 0 Å².